The minimum Gasteiger partial charge on any atom is -0.409 e. The van der Waals surface area contributed by atoms with E-state index in [-0.39, 0.29) is 11.7 Å². The quantitative estimate of drug-likeness (QED) is 0.346. The molecule has 5 heteroatoms. The molecule has 1 saturated heterocycles. The average molecular weight is 253 g/mol. The molecule has 2 aliphatic rings. The Kier molecular flexibility index (Phi) is 3.78. The van der Waals surface area contributed by atoms with Gasteiger partial charge in [0.05, 0.1) is 0 Å². The lowest BCUT2D eigenvalue weighted by molar-refractivity contribution is -0.138. The summed E-state index contributed by atoms with van der Waals surface area (Å²) in [6.45, 7) is 2.97. The van der Waals surface area contributed by atoms with Crippen molar-refractivity contribution < 1.29 is 10.0 Å². The summed E-state index contributed by atoms with van der Waals surface area (Å²) in [5, 5.41) is 11.9. The Labute approximate surface area is 108 Å². The van der Waals surface area contributed by atoms with E-state index in [1.807, 2.05) is 4.90 Å². The van der Waals surface area contributed by atoms with E-state index in [1.54, 1.807) is 0 Å². The average Bonchev–Trinajstić information content (AvgIpc) is 3.19. The highest BCUT2D eigenvalue weighted by Gasteiger charge is 2.56. The first-order valence-corrected chi connectivity index (χ1v) is 6.95. The number of likely N-dealkylation sites (tertiary alicyclic amines) is 1. The van der Waals surface area contributed by atoms with E-state index in [4.69, 9.17) is 10.9 Å². The van der Waals surface area contributed by atoms with Crippen molar-refractivity contribution in [2.24, 2.45) is 16.3 Å². The molecule has 3 N–H and O–H groups in total. The second-order valence-corrected chi connectivity index (χ2v) is 5.50. The standard InChI is InChI=1S/C13H23N3O2/c1-2-5-10-6-3-4-9-16(10)12(17)13(7-8-13)11(14)15-18/h10,18H,2-9H2,1H3,(H2,14,15). The predicted molar refractivity (Wildman–Crippen MR) is 69.3 cm³/mol. The van der Waals surface area contributed by atoms with Gasteiger partial charge in [0, 0.05) is 12.6 Å². The molecule has 102 valence electrons. The molecule has 1 aliphatic heterocycles. The molecule has 0 aromatic heterocycles. The lowest BCUT2D eigenvalue weighted by Crippen LogP contribution is -2.50. The molecule has 1 amide bonds. The van der Waals surface area contributed by atoms with Gasteiger partial charge in [-0.15, -0.1) is 0 Å². The molecule has 18 heavy (non-hydrogen) atoms. The topological polar surface area (TPSA) is 78.9 Å². The highest BCUT2D eigenvalue weighted by molar-refractivity contribution is 6.09. The van der Waals surface area contributed by atoms with Gasteiger partial charge in [0.25, 0.3) is 0 Å². The van der Waals surface area contributed by atoms with Gasteiger partial charge in [-0.05, 0) is 38.5 Å². The van der Waals surface area contributed by atoms with E-state index in [0.717, 1.165) is 45.1 Å². The minimum atomic E-state index is -0.682. The van der Waals surface area contributed by atoms with Gasteiger partial charge in [-0.3, -0.25) is 4.79 Å². The number of oxime groups is 1. The van der Waals surface area contributed by atoms with Crippen LogP contribution in [0.1, 0.15) is 51.9 Å². The van der Waals surface area contributed by atoms with Crippen LogP contribution in [0.5, 0.6) is 0 Å². The minimum absolute atomic E-state index is 0.0796. The molecule has 1 atom stereocenters. The number of piperidine rings is 1. The lowest BCUT2D eigenvalue weighted by atomic mass is 9.94. The number of hydrogen-bond acceptors (Lipinski definition) is 3. The molecule has 0 bridgehead atoms. The van der Waals surface area contributed by atoms with Gasteiger partial charge in [-0.25, -0.2) is 0 Å². The highest BCUT2D eigenvalue weighted by atomic mass is 16.4. The Balaban J connectivity index is 2.11. The number of nitrogens with two attached hydrogens (primary N) is 1. The molecule has 1 saturated carbocycles. The van der Waals surface area contributed by atoms with Gasteiger partial charge in [0.2, 0.25) is 5.91 Å². The fraction of sp³-hybridized carbons (Fsp3) is 0.846. The van der Waals surface area contributed by atoms with Crippen molar-refractivity contribution in [3.8, 4) is 0 Å². The van der Waals surface area contributed by atoms with Crippen molar-refractivity contribution in [3.05, 3.63) is 0 Å². The molecule has 0 aromatic carbocycles. The summed E-state index contributed by atoms with van der Waals surface area (Å²) in [5.74, 6) is 0.171. The zero-order valence-corrected chi connectivity index (χ0v) is 11.1. The van der Waals surface area contributed by atoms with Crippen LogP contribution in [0.25, 0.3) is 0 Å². The monoisotopic (exact) mass is 253 g/mol. The first-order chi connectivity index (χ1) is 8.65. The third-order valence-corrected chi connectivity index (χ3v) is 4.27. The summed E-state index contributed by atoms with van der Waals surface area (Å²) in [4.78, 5) is 14.6. The number of amides is 1. The van der Waals surface area contributed by atoms with E-state index in [1.165, 1.54) is 6.42 Å². The summed E-state index contributed by atoms with van der Waals surface area (Å²) in [6, 6.07) is 0.347. The normalized spacial score (nSPS) is 27.1. The van der Waals surface area contributed by atoms with Gasteiger partial charge in [-0.1, -0.05) is 18.5 Å². The Bertz CT molecular complexity index is 348. The van der Waals surface area contributed by atoms with Crippen LogP contribution in [0.4, 0.5) is 0 Å². The second kappa shape index (κ2) is 5.16. The molecule has 0 radical (unpaired) electrons. The van der Waals surface area contributed by atoms with Gasteiger partial charge >= 0.3 is 0 Å². The van der Waals surface area contributed by atoms with Crippen molar-refractivity contribution in [1.82, 2.24) is 4.90 Å². The summed E-state index contributed by atoms with van der Waals surface area (Å²) >= 11 is 0. The molecule has 0 aromatic rings. The maximum Gasteiger partial charge on any atom is 0.236 e. The zero-order chi connectivity index (χ0) is 13.2. The summed E-state index contributed by atoms with van der Waals surface area (Å²) in [7, 11) is 0. The van der Waals surface area contributed by atoms with Gasteiger partial charge in [0.1, 0.15) is 5.41 Å². The van der Waals surface area contributed by atoms with E-state index in [0.29, 0.717) is 6.04 Å². The van der Waals surface area contributed by atoms with Crippen LogP contribution in [-0.4, -0.2) is 34.4 Å². The number of hydrogen-bond donors (Lipinski definition) is 2. The molecule has 1 heterocycles. The number of carbonyl (C=O) groups excluding carboxylic acids is 1. The fourth-order valence-corrected chi connectivity index (χ4v) is 2.98. The van der Waals surface area contributed by atoms with Crippen LogP contribution in [0, 0.1) is 5.41 Å². The number of carbonyl (C=O) groups is 1. The van der Waals surface area contributed by atoms with Crippen LogP contribution in [0.3, 0.4) is 0 Å². The van der Waals surface area contributed by atoms with Crippen LogP contribution in [-0.2, 0) is 4.79 Å². The van der Waals surface area contributed by atoms with E-state index < -0.39 is 5.41 Å². The van der Waals surface area contributed by atoms with Crippen molar-refractivity contribution in [2.45, 2.75) is 57.9 Å². The van der Waals surface area contributed by atoms with Crippen LogP contribution in [0.2, 0.25) is 0 Å². The first-order valence-electron chi connectivity index (χ1n) is 6.95. The molecule has 1 aliphatic carbocycles. The van der Waals surface area contributed by atoms with Crippen LogP contribution >= 0.6 is 0 Å². The first kappa shape index (κ1) is 13.2. The SMILES string of the molecule is CCCC1CCCCN1C(=O)C1(C(N)=NO)CC1. The largest absolute Gasteiger partial charge is 0.409 e. The van der Waals surface area contributed by atoms with Crippen molar-refractivity contribution in [1.29, 1.82) is 0 Å². The van der Waals surface area contributed by atoms with Crippen molar-refractivity contribution >= 4 is 11.7 Å². The zero-order valence-electron chi connectivity index (χ0n) is 11.1. The lowest BCUT2D eigenvalue weighted by Gasteiger charge is -2.38. The van der Waals surface area contributed by atoms with Crippen molar-refractivity contribution in [3.63, 3.8) is 0 Å². The molecule has 2 rings (SSSR count). The maximum absolute atomic E-state index is 12.6. The highest BCUT2D eigenvalue weighted by Crippen LogP contribution is 2.48. The molecule has 5 nitrogen and oxygen atoms in total. The maximum atomic E-state index is 12.6. The molecular formula is C13H23N3O2. The summed E-state index contributed by atoms with van der Waals surface area (Å²) in [6.07, 6.45) is 6.94. The van der Waals surface area contributed by atoms with E-state index in [2.05, 4.69) is 12.1 Å². The van der Waals surface area contributed by atoms with E-state index in [9.17, 15) is 4.79 Å². The molecule has 2 fully saturated rings. The number of rotatable bonds is 4. The van der Waals surface area contributed by atoms with Gasteiger partial charge in [-0.2, -0.15) is 0 Å². The van der Waals surface area contributed by atoms with Crippen LogP contribution < -0.4 is 5.73 Å². The Morgan fingerprint density at radius 1 is 1.50 bits per heavy atom. The van der Waals surface area contributed by atoms with E-state index >= 15 is 0 Å². The van der Waals surface area contributed by atoms with Crippen LogP contribution in [0.15, 0.2) is 5.16 Å². The number of amidine groups is 1. The molecule has 0 spiro atoms. The predicted octanol–water partition coefficient (Wildman–Crippen LogP) is 1.69. The smallest absolute Gasteiger partial charge is 0.236 e. The molecular weight excluding hydrogens is 230 g/mol. The Hall–Kier alpha value is -1.26. The third kappa shape index (κ3) is 2.18. The number of nitrogens with zero attached hydrogens (tertiary/aromatic N) is 2. The Morgan fingerprint density at radius 3 is 2.78 bits per heavy atom. The second-order valence-electron chi connectivity index (χ2n) is 5.50. The summed E-state index contributed by atoms with van der Waals surface area (Å²) < 4.78 is 0. The van der Waals surface area contributed by atoms with Crippen molar-refractivity contribution in [2.75, 3.05) is 6.54 Å². The van der Waals surface area contributed by atoms with Gasteiger partial charge < -0.3 is 15.8 Å². The Morgan fingerprint density at radius 2 is 2.22 bits per heavy atom. The third-order valence-electron chi connectivity index (χ3n) is 4.27. The summed E-state index contributed by atoms with van der Waals surface area (Å²) in [5.41, 5.74) is 5.01. The fourth-order valence-electron chi connectivity index (χ4n) is 2.98. The van der Waals surface area contributed by atoms with Gasteiger partial charge in [0.15, 0.2) is 5.84 Å². The molecule has 1 unspecified atom stereocenters.